The average molecular weight is 320 g/mol. The van der Waals surface area contributed by atoms with E-state index in [1.165, 1.54) is 4.68 Å². The molecule has 0 bridgehead atoms. The molecule has 22 heavy (non-hydrogen) atoms. The molecule has 0 aliphatic carbocycles. The number of carbonyl (C=O) groups is 1. The second kappa shape index (κ2) is 6.06. The van der Waals surface area contributed by atoms with Crippen LogP contribution in [0.4, 0.5) is 0 Å². The lowest BCUT2D eigenvalue weighted by molar-refractivity contribution is -0.133. The van der Waals surface area contributed by atoms with Crippen molar-refractivity contribution in [1.82, 2.24) is 14.9 Å². The highest BCUT2D eigenvalue weighted by Gasteiger charge is 2.13. The van der Waals surface area contributed by atoms with Gasteiger partial charge in [-0.15, -0.1) is 10.2 Å². The zero-order chi connectivity index (χ0) is 15.5. The van der Waals surface area contributed by atoms with E-state index in [9.17, 15) is 4.79 Å². The molecule has 0 saturated heterocycles. The van der Waals surface area contributed by atoms with Crippen LogP contribution in [0, 0.1) is 6.92 Å². The van der Waals surface area contributed by atoms with Crippen LogP contribution in [0.25, 0.3) is 0 Å². The summed E-state index contributed by atoms with van der Waals surface area (Å²) in [5.74, 6) is 0.930. The summed E-state index contributed by atoms with van der Waals surface area (Å²) in [7, 11) is 0. The van der Waals surface area contributed by atoms with Crippen LogP contribution >= 0.6 is 11.8 Å². The maximum atomic E-state index is 10.6. The van der Waals surface area contributed by atoms with E-state index < -0.39 is 5.97 Å². The number of hydrogen-bond acceptors (Lipinski definition) is 7. The third-order valence-corrected chi connectivity index (χ3v) is 3.72. The predicted molar refractivity (Wildman–Crippen MR) is 78.7 cm³/mol. The normalized spacial score (nSPS) is 13.0. The van der Waals surface area contributed by atoms with Gasteiger partial charge >= 0.3 is 5.97 Å². The molecule has 3 rings (SSSR count). The molecular weight excluding hydrogens is 308 g/mol. The standard InChI is InChI=1S/C13H12N4O4S/c1-8-15-16-13(22-6-12(18)19)17(8)14-5-9-2-3-10-11(4-9)21-7-20-10/h2-5H,6-7H2,1H3,(H,18,19)/b14-5+. The fraction of sp³-hybridized carbons (Fsp3) is 0.231. The quantitative estimate of drug-likeness (QED) is 0.656. The molecule has 0 amide bonds. The molecule has 114 valence electrons. The first kappa shape index (κ1) is 14.4. The van der Waals surface area contributed by atoms with Gasteiger partial charge in [-0.05, 0) is 30.7 Å². The first-order valence-corrected chi connectivity index (χ1v) is 7.32. The van der Waals surface area contributed by atoms with Crippen LogP contribution in [-0.2, 0) is 4.79 Å². The number of carboxylic acid groups (broad SMARTS) is 1. The zero-order valence-corrected chi connectivity index (χ0v) is 12.4. The Balaban J connectivity index is 1.80. The Bertz CT molecular complexity index is 744. The first-order valence-electron chi connectivity index (χ1n) is 6.34. The van der Waals surface area contributed by atoms with Crippen LogP contribution in [-0.4, -0.2) is 44.7 Å². The number of fused-ring (bicyclic) bond motifs is 1. The highest BCUT2D eigenvalue weighted by molar-refractivity contribution is 7.99. The Morgan fingerprint density at radius 3 is 3.09 bits per heavy atom. The number of ether oxygens (including phenoxy) is 2. The molecule has 1 aliphatic heterocycles. The topological polar surface area (TPSA) is 98.8 Å². The Morgan fingerprint density at radius 2 is 2.27 bits per heavy atom. The Kier molecular flexibility index (Phi) is 3.96. The van der Waals surface area contributed by atoms with Crippen LogP contribution in [0.1, 0.15) is 11.4 Å². The highest BCUT2D eigenvalue weighted by Crippen LogP contribution is 2.32. The van der Waals surface area contributed by atoms with E-state index in [0.717, 1.165) is 17.3 Å². The van der Waals surface area contributed by atoms with E-state index in [2.05, 4.69) is 15.3 Å². The molecule has 0 radical (unpaired) electrons. The lowest BCUT2D eigenvalue weighted by atomic mass is 10.2. The molecule has 0 unspecified atom stereocenters. The number of benzene rings is 1. The van der Waals surface area contributed by atoms with Crippen molar-refractivity contribution in [2.45, 2.75) is 12.1 Å². The molecule has 9 heteroatoms. The van der Waals surface area contributed by atoms with Crippen molar-refractivity contribution < 1.29 is 19.4 Å². The third-order valence-electron chi connectivity index (χ3n) is 2.81. The van der Waals surface area contributed by atoms with Crippen LogP contribution in [0.2, 0.25) is 0 Å². The molecule has 2 heterocycles. The summed E-state index contributed by atoms with van der Waals surface area (Å²) in [5, 5.41) is 21.3. The predicted octanol–water partition coefficient (Wildman–Crippen LogP) is 1.37. The van der Waals surface area contributed by atoms with Crippen molar-refractivity contribution in [3.8, 4) is 11.5 Å². The highest BCUT2D eigenvalue weighted by atomic mass is 32.2. The number of aromatic nitrogens is 3. The lowest BCUT2D eigenvalue weighted by Crippen LogP contribution is -2.01. The summed E-state index contributed by atoms with van der Waals surface area (Å²) in [4.78, 5) is 10.6. The van der Waals surface area contributed by atoms with Gasteiger partial charge in [-0.2, -0.15) is 9.78 Å². The number of nitrogens with zero attached hydrogens (tertiary/aromatic N) is 4. The smallest absolute Gasteiger partial charge is 0.313 e. The summed E-state index contributed by atoms with van der Waals surface area (Å²) in [5.41, 5.74) is 0.825. The minimum absolute atomic E-state index is 0.0995. The largest absolute Gasteiger partial charge is 0.481 e. The fourth-order valence-electron chi connectivity index (χ4n) is 1.81. The number of hydrogen-bond donors (Lipinski definition) is 1. The number of aryl methyl sites for hydroxylation is 1. The second-order valence-electron chi connectivity index (χ2n) is 4.38. The number of thioether (sulfide) groups is 1. The monoisotopic (exact) mass is 320 g/mol. The van der Waals surface area contributed by atoms with E-state index in [1.807, 2.05) is 18.2 Å². The van der Waals surface area contributed by atoms with Crippen molar-refractivity contribution in [2.24, 2.45) is 5.10 Å². The van der Waals surface area contributed by atoms with Crippen LogP contribution < -0.4 is 9.47 Å². The lowest BCUT2D eigenvalue weighted by Gasteiger charge is -2.01. The molecule has 0 atom stereocenters. The minimum Gasteiger partial charge on any atom is -0.481 e. The van der Waals surface area contributed by atoms with Gasteiger partial charge in [0.25, 0.3) is 0 Å². The Morgan fingerprint density at radius 1 is 1.45 bits per heavy atom. The minimum atomic E-state index is -0.919. The van der Waals surface area contributed by atoms with E-state index in [1.54, 1.807) is 13.1 Å². The SMILES string of the molecule is Cc1nnc(SCC(=O)O)n1/N=C/c1ccc2c(c1)OCO2. The van der Waals surface area contributed by atoms with Gasteiger partial charge in [-0.25, -0.2) is 0 Å². The van der Waals surface area contributed by atoms with E-state index >= 15 is 0 Å². The van der Waals surface area contributed by atoms with Crippen molar-refractivity contribution >= 4 is 23.9 Å². The molecule has 8 nitrogen and oxygen atoms in total. The Labute approximate surface area is 129 Å². The fourth-order valence-corrected chi connectivity index (χ4v) is 2.46. The first-order chi connectivity index (χ1) is 10.6. The van der Waals surface area contributed by atoms with Gasteiger partial charge in [0.1, 0.15) is 0 Å². The van der Waals surface area contributed by atoms with Crippen molar-refractivity contribution in [3.63, 3.8) is 0 Å². The molecule has 0 saturated carbocycles. The van der Waals surface area contributed by atoms with Crippen LogP contribution in [0.5, 0.6) is 11.5 Å². The van der Waals surface area contributed by atoms with Gasteiger partial charge in [0.15, 0.2) is 17.3 Å². The summed E-state index contributed by atoms with van der Waals surface area (Å²) in [6.07, 6.45) is 1.63. The Hall–Kier alpha value is -2.55. The summed E-state index contributed by atoms with van der Waals surface area (Å²) < 4.78 is 12.0. The average Bonchev–Trinajstić information content (AvgIpc) is 3.09. The van der Waals surface area contributed by atoms with Gasteiger partial charge in [-0.3, -0.25) is 4.79 Å². The van der Waals surface area contributed by atoms with Crippen molar-refractivity contribution in [2.75, 3.05) is 12.5 Å². The van der Waals surface area contributed by atoms with Gasteiger partial charge < -0.3 is 14.6 Å². The third kappa shape index (κ3) is 3.03. The summed E-state index contributed by atoms with van der Waals surface area (Å²) in [6, 6.07) is 5.47. The number of aliphatic carboxylic acids is 1. The number of rotatable bonds is 5. The van der Waals surface area contributed by atoms with Gasteiger partial charge in [0.2, 0.25) is 11.9 Å². The van der Waals surface area contributed by atoms with Crippen molar-refractivity contribution in [1.29, 1.82) is 0 Å². The van der Waals surface area contributed by atoms with Crippen LogP contribution in [0.15, 0.2) is 28.5 Å². The van der Waals surface area contributed by atoms with Gasteiger partial charge in [0, 0.05) is 0 Å². The van der Waals surface area contributed by atoms with Gasteiger partial charge in [-0.1, -0.05) is 11.8 Å². The molecular formula is C13H12N4O4S. The molecule has 1 aliphatic rings. The molecule has 0 fully saturated rings. The molecule has 1 aromatic carbocycles. The molecule has 0 spiro atoms. The molecule has 2 aromatic rings. The van der Waals surface area contributed by atoms with Crippen LogP contribution in [0.3, 0.4) is 0 Å². The summed E-state index contributed by atoms with van der Waals surface area (Å²) >= 11 is 1.06. The van der Waals surface area contributed by atoms with E-state index in [0.29, 0.717) is 22.5 Å². The van der Waals surface area contributed by atoms with Crippen molar-refractivity contribution in [3.05, 3.63) is 29.6 Å². The molecule has 1 N–H and O–H groups in total. The molecule has 1 aromatic heterocycles. The summed E-state index contributed by atoms with van der Waals surface area (Å²) in [6.45, 7) is 1.96. The zero-order valence-electron chi connectivity index (χ0n) is 11.6. The van der Waals surface area contributed by atoms with E-state index in [-0.39, 0.29) is 12.5 Å². The maximum absolute atomic E-state index is 10.6. The maximum Gasteiger partial charge on any atom is 0.313 e. The second-order valence-corrected chi connectivity index (χ2v) is 5.32. The number of carboxylic acids is 1. The van der Waals surface area contributed by atoms with E-state index in [4.69, 9.17) is 14.6 Å². The van der Waals surface area contributed by atoms with Gasteiger partial charge in [0.05, 0.1) is 12.0 Å².